The van der Waals surface area contributed by atoms with Crippen LogP contribution in [-0.2, 0) is 10.0 Å². The lowest BCUT2D eigenvalue weighted by molar-refractivity contribution is 0.599. The Bertz CT molecular complexity index is 1120. The van der Waals surface area contributed by atoms with Gasteiger partial charge in [0.05, 0.1) is 22.8 Å². The van der Waals surface area contributed by atoms with Gasteiger partial charge in [0.2, 0.25) is 10.0 Å². The molecule has 2 aromatic heterocycles. The standard InChI is InChI=1S/C16H14FN5O2S/c1-3-25(23,24)21-14-8-11(4-5-13(14)17)15-6-7-19-16-12(9-18)10(2)20-22(15)16/h4-8,21H,3H2,1-2H3. The minimum Gasteiger partial charge on any atom is -0.281 e. The predicted molar refractivity (Wildman–Crippen MR) is 90.9 cm³/mol. The third-order valence-corrected chi connectivity index (χ3v) is 5.00. The van der Waals surface area contributed by atoms with Crippen molar-refractivity contribution in [2.75, 3.05) is 10.5 Å². The van der Waals surface area contributed by atoms with Gasteiger partial charge in [-0.3, -0.25) is 4.72 Å². The van der Waals surface area contributed by atoms with Gasteiger partial charge in [-0.05, 0) is 38.1 Å². The van der Waals surface area contributed by atoms with Crippen LogP contribution >= 0.6 is 0 Å². The Labute approximate surface area is 143 Å². The molecule has 7 nitrogen and oxygen atoms in total. The van der Waals surface area contributed by atoms with Crippen LogP contribution in [0.1, 0.15) is 18.2 Å². The number of nitrogens with one attached hydrogen (secondary N) is 1. The van der Waals surface area contributed by atoms with Gasteiger partial charge >= 0.3 is 0 Å². The summed E-state index contributed by atoms with van der Waals surface area (Å²) in [5.41, 5.74) is 2.22. The molecule has 2 heterocycles. The van der Waals surface area contributed by atoms with Crippen LogP contribution in [0.15, 0.2) is 30.5 Å². The van der Waals surface area contributed by atoms with E-state index in [2.05, 4.69) is 20.9 Å². The van der Waals surface area contributed by atoms with Crippen LogP contribution < -0.4 is 4.72 Å². The van der Waals surface area contributed by atoms with Crippen molar-refractivity contribution in [3.05, 3.63) is 47.5 Å². The number of hydrogen-bond donors (Lipinski definition) is 1. The zero-order valence-corrected chi connectivity index (χ0v) is 14.3. The molecule has 25 heavy (non-hydrogen) atoms. The molecule has 0 radical (unpaired) electrons. The average molecular weight is 359 g/mol. The molecule has 0 aliphatic carbocycles. The number of rotatable bonds is 4. The molecule has 0 atom stereocenters. The zero-order valence-electron chi connectivity index (χ0n) is 13.5. The van der Waals surface area contributed by atoms with Crippen LogP contribution in [0.2, 0.25) is 0 Å². The minimum atomic E-state index is -3.61. The van der Waals surface area contributed by atoms with Gasteiger partial charge in [0.25, 0.3) is 0 Å². The van der Waals surface area contributed by atoms with E-state index in [1.165, 1.54) is 35.8 Å². The van der Waals surface area contributed by atoms with Crippen molar-refractivity contribution in [2.45, 2.75) is 13.8 Å². The summed E-state index contributed by atoms with van der Waals surface area (Å²) in [7, 11) is -3.61. The number of nitriles is 1. The summed E-state index contributed by atoms with van der Waals surface area (Å²) in [5, 5.41) is 13.5. The Morgan fingerprint density at radius 2 is 2.12 bits per heavy atom. The summed E-state index contributed by atoms with van der Waals surface area (Å²) >= 11 is 0. The Balaban J connectivity index is 2.18. The largest absolute Gasteiger partial charge is 0.281 e. The highest BCUT2D eigenvalue weighted by Gasteiger charge is 2.16. The van der Waals surface area contributed by atoms with Crippen molar-refractivity contribution in [3.8, 4) is 17.3 Å². The Morgan fingerprint density at radius 3 is 2.80 bits per heavy atom. The first-order chi connectivity index (χ1) is 11.9. The summed E-state index contributed by atoms with van der Waals surface area (Å²) in [6.07, 6.45) is 1.52. The molecule has 0 saturated heterocycles. The molecule has 0 aliphatic rings. The molecule has 0 unspecified atom stereocenters. The van der Waals surface area contributed by atoms with E-state index in [0.717, 1.165) is 0 Å². The third kappa shape index (κ3) is 3.04. The molecular weight excluding hydrogens is 345 g/mol. The molecule has 0 saturated carbocycles. The summed E-state index contributed by atoms with van der Waals surface area (Å²) in [6, 6.07) is 7.79. The van der Waals surface area contributed by atoms with Crippen LogP contribution in [0, 0.1) is 24.1 Å². The van der Waals surface area contributed by atoms with Crippen molar-refractivity contribution >= 4 is 21.4 Å². The van der Waals surface area contributed by atoms with E-state index >= 15 is 0 Å². The van der Waals surface area contributed by atoms with Gasteiger partial charge in [0, 0.05) is 11.8 Å². The maximum absolute atomic E-state index is 14.0. The number of hydrogen-bond acceptors (Lipinski definition) is 5. The Hall–Kier alpha value is -2.99. The Kier molecular flexibility index (Phi) is 4.14. The first-order valence-electron chi connectivity index (χ1n) is 7.41. The molecule has 1 aromatic carbocycles. The summed E-state index contributed by atoms with van der Waals surface area (Å²) in [4.78, 5) is 4.16. The molecular formula is C16H14FN5O2S. The number of anilines is 1. The van der Waals surface area contributed by atoms with E-state index in [-0.39, 0.29) is 11.4 Å². The molecule has 0 fully saturated rings. The fourth-order valence-electron chi connectivity index (χ4n) is 2.40. The van der Waals surface area contributed by atoms with Crippen LogP contribution in [0.25, 0.3) is 16.9 Å². The maximum Gasteiger partial charge on any atom is 0.232 e. The lowest BCUT2D eigenvalue weighted by Gasteiger charge is -2.10. The highest BCUT2D eigenvalue weighted by atomic mass is 32.2. The first kappa shape index (κ1) is 16.9. The maximum atomic E-state index is 14.0. The van der Waals surface area contributed by atoms with Gasteiger partial charge in [0.15, 0.2) is 5.65 Å². The van der Waals surface area contributed by atoms with E-state index in [4.69, 9.17) is 0 Å². The van der Waals surface area contributed by atoms with E-state index < -0.39 is 15.8 Å². The fourth-order valence-corrected chi connectivity index (χ4v) is 3.04. The number of benzene rings is 1. The smallest absolute Gasteiger partial charge is 0.232 e. The molecule has 0 aliphatic heterocycles. The fraction of sp³-hybridized carbons (Fsp3) is 0.188. The second-order valence-electron chi connectivity index (χ2n) is 5.34. The van der Waals surface area contributed by atoms with E-state index in [9.17, 15) is 18.1 Å². The monoisotopic (exact) mass is 359 g/mol. The van der Waals surface area contributed by atoms with Gasteiger partial charge in [-0.1, -0.05) is 0 Å². The van der Waals surface area contributed by atoms with Gasteiger partial charge in [-0.2, -0.15) is 10.4 Å². The normalized spacial score (nSPS) is 11.4. The molecule has 3 rings (SSSR count). The second kappa shape index (κ2) is 6.14. The Morgan fingerprint density at radius 1 is 1.36 bits per heavy atom. The van der Waals surface area contributed by atoms with Crippen molar-refractivity contribution in [2.24, 2.45) is 0 Å². The summed E-state index contributed by atoms with van der Waals surface area (Å²) in [6.45, 7) is 3.16. The lowest BCUT2D eigenvalue weighted by atomic mass is 10.1. The quantitative estimate of drug-likeness (QED) is 0.771. The second-order valence-corrected chi connectivity index (χ2v) is 7.35. The topological polar surface area (TPSA) is 100 Å². The van der Waals surface area contributed by atoms with Crippen molar-refractivity contribution in [1.82, 2.24) is 14.6 Å². The van der Waals surface area contributed by atoms with Crippen molar-refractivity contribution in [1.29, 1.82) is 5.26 Å². The van der Waals surface area contributed by atoms with E-state index in [0.29, 0.717) is 28.2 Å². The summed E-state index contributed by atoms with van der Waals surface area (Å²) in [5.74, 6) is -0.847. The molecule has 128 valence electrons. The molecule has 0 bridgehead atoms. The van der Waals surface area contributed by atoms with E-state index in [1.54, 1.807) is 13.0 Å². The first-order valence-corrected chi connectivity index (χ1v) is 9.06. The van der Waals surface area contributed by atoms with Crippen LogP contribution in [-0.4, -0.2) is 28.8 Å². The van der Waals surface area contributed by atoms with Crippen LogP contribution in [0.5, 0.6) is 0 Å². The van der Waals surface area contributed by atoms with Gasteiger partial charge in [0.1, 0.15) is 17.4 Å². The number of aromatic nitrogens is 3. The number of halogens is 1. The summed E-state index contributed by atoms with van der Waals surface area (Å²) < 4.78 is 41.1. The number of sulfonamides is 1. The van der Waals surface area contributed by atoms with Crippen molar-refractivity contribution < 1.29 is 12.8 Å². The number of fused-ring (bicyclic) bond motifs is 1. The molecule has 3 aromatic rings. The highest BCUT2D eigenvalue weighted by molar-refractivity contribution is 7.92. The lowest BCUT2D eigenvalue weighted by Crippen LogP contribution is -2.15. The highest BCUT2D eigenvalue weighted by Crippen LogP contribution is 2.27. The SMILES string of the molecule is CCS(=O)(=O)Nc1cc(-c2ccnc3c(C#N)c(C)nn23)ccc1F. The predicted octanol–water partition coefficient (Wildman–Crippen LogP) is 2.48. The van der Waals surface area contributed by atoms with Gasteiger partial charge in [-0.25, -0.2) is 22.3 Å². The van der Waals surface area contributed by atoms with Gasteiger partial charge < -0.3 is 0 Å². The van der Waals surface area contributed by atoms with Gasteiger partial charge in [-0.15, -0.1) is 0 Å². The zero-order chi connectivity index (χ0) is 18.2. The van der Waals surface area contributed by atoms with Crippen LogP contribution in [0.4, 0.5) is 10.1 Å². The number of nitrogens with zero attached hydrogens (tertiary/aromatic N) is 4. The van der Waals surface area contributed by atoms with Crippen LogP contribution in [0.3, 0.4) is 0 Å². The average Bonchev–Trinajstić information content (AvgIpc) is 2.91. The molecule has 1 N–H and O–H groups in total. The molecule has 0 spiro atoms. The minimum absolute atomic E-state index is 0.145. The number of aryl methyl sites for hydroxylation is 1. The van der Waals surface area contributed by atoms with E-state index in [1.807, 2.05) is 0 Å². The van der Waals surface area contributed by atoms with Crippen molar-refractivity contribution in [3.63, 3.8) is 0 Å². The third-order valence-electron chi connectivity index (χ3n) is 3.71. The molecule has 9 heteroatoms. The molecule has 0 amide bonds.